The Morgan fingerprint density at radius 3 is 2.55 bits per heavy atom. The SMILES string of the molecule is Cc1ccc(C(C(=O)NC2CCCCC2)N(C(=O)c2csnn2)c2ccccc2C)o1. The maximum atomic E-state index is 13.6. The van der Waals surface area contributed by atoms with Gasteiger partial charge in [0.2, 0.25) is 0 Å². The van der Waals surface area contributed by atoms with Crippen LogP contribution in [0.5, 0.6) is 0 Å². The average Bonchev–Trinajstić information content (AvgIpc) is 3.45. The summed E-state index contributed by atoms with van der Waals surface area (Å²) < 4.78 is 9.71. The van der Waals surface area contributed by atoms with Crippen LogP contribution in [0, 0.1) is 13.8 Å². The quantitative estimate of drug-likeness (QED) is 0.608. The molecule has 2 heterocycles. The van der Waals surface area contributed by atoms with Gasteiger partial charge in [-0.15, -0.1) is 5.10 Å². The normalized spacial score (nSPS) is 15.4. The van der Waals surface area contributed by atoms with E-state index in [1.165, 1.54) is 11.3 Å². The lowest BCUT2D eigenvalue weighted by Crippen LogP contribution is -2.47. The van der Waals surface area contributed by atoms with Gasteiger partial charge in [-0.3, -0.25) is 14.5 Å². The monoisotopic (exact) mass is 438 g/mol. The Hall–Kier alpha value is -3.00. The number of amides is 2. The lowest BCUT2D eigenvalue weighted by atomic mass is 9.95. The van der Waals surface area contributed by atoms with Crippen LogP contribution in [-0.2, 0) is 4.79 Å². The van der Waals surface area contributed by atoms with Crippen molar-refractivity contribution in [1.29, 1.82) is 0 Å². The lowest BCUT2D eigenvalue weighted by Gasteiger charge is -2.32. The van der Waals surface area contributed by atoms with Gasteiger partial charge in [0.15, 0.2) is 11.7 Å². The zero-order valence-electron chi connectivity index (χ0n) is 17.7. The van der Waals surface area contributed by atoms with Crippen molar-refractivity contribution in [3.8, 4) is 0 Å². The van der Waals surface area contributed by atoms with Crippen LogP contribution in [0.2, 0.25) is 0 Å². The predicted octanol–water partition coefficient (Wildman–Crippen LogP) is 4.58. The molecular weight excluding hydrogens is 412 g/mol. The maximum Gasteiger partial charge on any atom is 0.280 e. The van der Waals surface area contributed by atoms with Crippen LogP contribution in [0.4, 0.5) is 5.69 Å². The number of anilines is 1. The van der Waals surface area contributed by atoms with E-state index in [0.717, 1.165) is 42.8 Å². The van der Waals surface area contributed by atoms with Crippen LogP contribution in [0.15, 0.2) is 46.2 Å². The first kappa shape index (κ1) is 21.2. The number of furan rings is 1. The summed E-state index contributed by atoms with van der Waals surface area (Å²) in [5.74, 6) is 0.463. The van der Waals surface area contributed by atoms with E-state index in [1.54, 1.807) is 17.5 Å². The van der Waals surface area contributed by atoms with E-state index >= 15 is 0 Å². The average molecular weight is 439 g/mol. The highest BCUT2D eigenvalue weighted by molar-refractivity contribution is 7.03. The molecule has 2 aromatic heterocycles. The molecule has 3 aromatic rings. The molecule has 1 fully saturated rings. The van der Waals surface area contributed by atoms with Crippen LogP contribution in [-0.4, -0.2) is 27.4 Å². The van der Waals surface area contributed by atoms with Crippen molar-refractivity contribution in [1.82, 2.24) is 14.9 Å². The fourth-order valence-electron chi connectivity index (χ4n) is 4.08. The molecule has 8 heteroatoms. The highest BCUT2D eigenvalue weighted by Gasteiger charge is 2.38. The summed E-state index contributed by atoms with van der Waals surface area (Å²) in [5.41, 5.74) is 1.71. The van der Waals surface area contributed by atoms with Gasteiger partial charge in [-0.2, -0.15) is 0 Å². The summed E-state index contributed by atoms with van der Waals surface area (Å²) in [7, 11) is 0. The van der Waals surface area contributed by atoms with E-state index in [0.29, 0.717) is 17.2 Å². The van der Waals surface area contributed by atoms with Gasteiger partial charge < -0.3 is 9.73 Å². The van der Waals surface area contributed by atoms with Gasteiger partial charge in [-0.25, -0.2) is 0 Å². The number of hydrogen-bond donors (Lipinski definition) is 1. The number of nitrogens with one attached hydrogen (secondary N) is 1. The van der Waals surface area contributed by atoms with Crippen molar-refractivity contribution in [2.24, 2.45) is 0 Å². The molecule has 1 aromatic carbocycles. The number of carbonyl (C=O) groups is 2. The zero-order chi connectivity index (χ0) is 21.8. The number of carbonyl (C=O) groups excluding carboxylic acids is 2. The first-order valence-corrected chi connectivity index (χ1v) is 11.4. The molecule has 1 atom stereocenters. The van der Waals surface area contributed by atoms with Crippen molar-refractivity contribution >= 4 is 29.0 Å². The fourth-order valence-corrected chi connectivity index (χ4v) is 4.51. The second kappa shape index (κ2) is 9.43. The predicted molar refractivity (Wildman–Crippen MR) is 119 cm³/mol. The van der Waals surface area contributed by atoms with Gasteiger partial charge >= 0.3 is 0 Å². The number of aromatic nitrogens is 2. The van der Waals surface area contributed by atoms with E-state index in [4.69, 9.17) is 4.42 Å². The van der Waals surface area contributed by atoms with E-state index in [-0.39, 0.29) is 23.6 Å². The largest absolute Gasteiger partial charge is 0.464 e. The summed E-state index contributed by atoms with van der Waals surface area (Å²) in [6.45, 7) is 3.74. The number of para-hydroxylation sites is 1. The number of aryl methyl sites for hydroxylation is 2. The molecule has 0 aliphatic heterocycles. The Labute approximate surface area is 185 Å². The number of benzene rings is 1. The number of nitrogens with zero attached hydrogens (tertiary/aromatic N) is 3. The number of rotatable bonds is 6. The highest BCUT2D eigenvalue weighted by atomic mass is 32.1. The van der Waals surface area contributed by atoms with Crippen molar-refractivity contribution < 1.29 is 14.0 Å². The van der Waals surface area contributed by atoms with Crippen LogP contribution in [0.1, 0.15) is 65.7 Å². The minimum atomic E-state index is -0.953. The summed E-state index contributed by atoms with van der Waals surface area (Å²) in [6.07, 6.45) is 5.28. The molecule has 1 aliphatic rings. The van der Waals surface area contributed by atoms with Crippen molar-refractivity contribution in [3.63, 3.8) is 0 Å². The summed E-state index contributed by atoms with van der Waals surface area (Å²) >= 11 is 1.10. The van der Waals surface area contributed by atoms with Crippen LogP contribution in [0.3, 0.4) is 0 Å². The molecule has 1 unspecified atom stereocenters. The molecule has 31 heavy (non-hydrogen) atoms. The maximum absolute atomic E-state index is 13.6. The van der Waals surface area contributed by atoms with Gasteiger partial charge in [-0.05, 0) is 62.0 Å². The molecule has 162 valence electrons. The van der Waals surface area contributed by atoms with Crippen molar-refractivity contribution in [3.05, 3.63) is 64.6 Å². The lowest BCUT2D eigenvalue weighted by molar-refractivity contribution is -0.123. The summed E-state index contributed by atoms with van der Waals surface area (Å²) in [5, 5.41) is 8.73. The fraction of sp³-hybridized carbons (Fsp3) is 0.391. The molecule has 2 amide bonds. The Kier molecular flexibility index (Phi) is 6.46. The molecule has 1 aliphatic carbocycles. The van der Waals surface area contributed by atoms with E-state index in [1.807, 2.05) is 38.1 Å². The molecule has 0 saturated heterocycles. The topological polar surface area (TPSA) is 88.3 Å². The molecule has 1 saturated carbocycles. The van der Waals surface area contributed by atoms with Gasteiger partial charge in [0.1, 0.15) is 11.5 Å². The first-order valence-electron chi connectivity index (χ1n) is 10.6. The van der Waals surface area contributed by atoms with Gasteiger partial charge in [-0.1, -0.05) is 41.9 Å². The second-order valence-electron chi connectivity index (χ2n) is 7.95. The van der Waals surface area contributed by atoms with Gasteiger partial charge in [0, 0.05) is 17.1 Å². The molecule has 1 N–H and O–H groups in total. The molecule has 0 bridgehead atoms. The van der Waals surface area contributed by atoms with Crippen LogP contribution >= 0.6 is 11.5 Å². The van der Waals surface area contributed by atoms with Crippen molar-refractivity contribution in [2.45, 2.75) is 58.0 Å². The number of hydrogen-bond acceptors (Lipinski definition) is 6. The Morgan fingerprint density at radius 1 is 1.13 bits per heavy atom. The minimum absolute atomic E-state index is 0.106. The Morgan fingerprint density at radius 2 is 1.90 bits per heavy atom. The standard InChI is InChI=1S/C23H26N4O3S/c1-15-8-6-7-11-19(15)27(23(29)18-14-31-26-25-18)21(20-13-12-16(2)30-20)22(28)24-17-9-4-3-5-10-17/h6-8,11-14,17,21H,3-5,9-10H2,1-2H3,(H,24,28). The zero-order valence-corrected chi connectivity index (χ0v) is 18.5. The summed E-state index contributed by atoms with van der Waals surface area (Å²) in [4.78, 5) is 28.7. The smallest absolute Gasteiger partial charge is 0.280 e. The Balaban J connectivity index is 1.78. The molecule has 0 radical (unpaired) electrons. The van der Waals surface area contributed by atoms with Gasteiger partial charge in [0.25, 0.3) is 11.8 Å². The minimum Gasteiger partial charge on any atom is -0.464 e. The second-order valence-corrected chi connectivity index (χ2v) is 8.56. The third-order valence-electron chi connectivity index (χ3n) is 5.66. The molecule has 7 nitrogen and oxygen atoms in total. The van der Waals surface area contributed by atoms with Crippen molar-refractivity contribution in [2.75, 3.05) is 4.90 Å². The third-order valence-corrected chi connectivity index (χ3v) is 6.17. The Bertz CT molecular complexity index is 1040. The van der Waals surface area contributed by atoms with Crippen LogP contribution in [0.25, 0.3) is 0 Å². The molecular formula is C23H26N4O3S. The summed E-state index contributed by atoms with van der Waals surface area (Å²) in [6, 6.07) is 10.2. The highest BCUT2D eigenvalue weighted by Crippen LogP contribution is 2.33. The first-order chi connectivity index (χ1) is 15.0. The van der Waals surface area contributed by atoms with Gasteiger partial charge in [0.05, 0.1) is 0 Å². The molecule has 0 spiro atoms. The molecule has 4 rings (SSSR count). The van der Waals surface area contributed by atoms with Crippen LogP contribution < -0.4 is 10.2 Å². The van der Waals surface area contributed by atoms with E-state index in [2.05, 4.69) is 14.9 Å². The van der Waals surface area contributed by atoms with E-state index in [9.17, 15) is 9.59 Å². The third kappa shape index (κ3) is 4.69. The van der Waals surface area contributed by atoms with E-state index < -0.39 is 6.04 Å².